The largest absolute Gasteiger partial charge is 0.239 e. The van der Waals surface area contributed by atoms with Crippen molar-refractivity contribution in [2.24, 2.45) is 0 Å². The van der Waals surface area contributed by atoms with E-state index in [9.17, 15) is 16.8 Å². The highest BCUT2D eigenvalue weighted by Gasteiger charge is 2.37. The standard InChI is InChI=1S/C22H27Br3O4S2/c1-13(2)16-11-19(14(3)4)21(20(12-16)15(5)6)30(26,27)17-7-9-18(10-8-17)31(28,29)22(23,24)25/h7-15H,1-6H3. The highest BCUT2D eigenvalue weighted by molar-refractivity contribution is 9.42. The van der Waals surface area contributed by atoms with Crippen molar-refractivity contribution < 1.29 is 16.8 Å². The van der Waals surface area contributed by atoms with E-state index in [1.165, 1.54) is 24.3 Å². The Morgan fingerprint density at radius 2 is 1.06 bits per heavy atom. The van der Waals surface area contributed by atoms with E-state index < -0.39 is 21.1 Å². The molecule has 31 heavy (non-hydrogen) atoms. The summed E-state index contributed by atoms with van der Waals surface area (Å²) in [5.74, 6) is 0.294. The quantitative estimate of drug-likeness (QED) is 0.302. The summed E-state index contributed by atoms with van der Waals surface area (Å²) in [4.78, 5) is 0.380. The van der Waals surface area contributed by atoms with Crippen LogP contribution in [0.3, 0.4) is 0 Å². The first kappa shape index (κ1) is 27.0. The van der Waals surface area contributed by atoms with Crippen LogP contribution in [0.15, 0.2) is 51.1 Å². The summed E-state index contributed by atoms with van der Waals surface area (Å²) in [6, 6.07) is 9.31. The Morgan fingerprint density at radius 3 is 1.39 bits per heavy atom. The molecule has 0 amide bonds. The predicted octanol–water partition coefficient (Wildman–Crippen LogP) is 7.46. The third-order valence-electron chi connectivity index (χ3n) is 5.10. The Kier molecular flexibility index (Phi) is 8.34. The van der Waals surface area contributed by atoms with Gasteiger partial charge in [0, 0.05) is 0 Å². The molecular weight excluding hydrogens is 632 g/mol. The van der Waals surface area contributed by atoms with Gasteiger partial charge < -0.3 is 0 Å². The van der Waals surface area contributed by atoms with Gasteiger partial charge in [0.2, 0.25) is 21.1 Å². The lowest BCUT2D eigenvalue weighted by Gasteiger charge is -2.23. The second kappa shape index (κ2) is 9.57. The second-order valence-electron chi connectivity index (χ2n) is 8.42. The lowest BCUT2D eigenvalue weighted by Crippen LogP contribution is -2.18. The predicted molar refractivity (Wildman–Crippen MR) is 137 cm³/mol. The van der Waals surface area contributed by atoms with Gasteiger partial charge in [0.05, 0.1) is 14.7 Å². The zero-order valence-corrected chi connectivity index (χ0v) is 24.7. The fourth-order valence-corrected chi connectivity index (χ4v) is 7.63. The molecule has 0 atom stereocenters. The third kappa shape index (κ3) is 5.48. The molecule has 2 aromatic rings. The molecule has 0 saturated heterocycles. The first-order chi connectivity index (χ1) is 14.0. The molecule has 0 aliphatic rings. The summed E-state index contributed by atoms with van der Waals surface area (Å²) < 4.78 is 51.1. The maximum absolute atomic E-state index is 13.7. The summed E-state index contributed by atoms with van der Waals surface area (Å²) in [5.41, 5.74) is 2.68. The van der Waals surface area contributed by atoms with Gasteiger partial charge in [-0.3, -0.25) is 0 Å². The Morgan fingerprint density at radius 1 is 0.677 bits per heavy atom. The van der Waals surface area contributed by atoms with Crippen LogP contribution in [-0.4, -0.2) is 18.3 Å². The Bertz CT molecular complexity index is 1130. The lowest BCUT2D eigenvalue weighted by molar-refractivity contribution is 0.589. The van der Waals surface area contributed by atoms with Crippen LogP contribution in [0.25, 0.3) is 0 Å². The maximum atomic E-state index is 13.7. The monoisotopic (exact) mass is 656 g/mol. The number of alkyl halides is 3. The molecule has 4 nitrogen and oxygen atoms in total. The summed E-state index contributed by atoms with van der Waals surface area (Å²) in [6.45, 7) is 12.1. The van der Waals surface area contributed by atoms with E-state index in [4.69, 9.17) is 0 Å². The van der Waals surface area contributed by atoms with Crippen molar-refractivity contribution in [3.63, 3.8) is 0 Å². The van der Waals surface area contributed by atoms with Gasteiger partial charge in [0.15, 0.2) is 0 Å². The Hall–Kier alpha value is -0.220. The number of hydrogen-bond acceptors (Lipinski definition) is 4. The van der Waals surface area contributed by atoms with Crippen LogP contribution in [0.1, 0.15) is 76.0 Å². The van der Waals surface area contributed by atoms with E-state index in [1.54, 1.807) is 0 Å². The zero-order valence-electron chi connectivity index (χ0n) is 18.3. The average Bonchev–Trinajstić information content (AvgIpc) is 2.65. The number of sulfone groups is 2. The molecule has 2 aromatic carbocycles. The topological polar surface area (TPSA) is 68.3 Å². The van der Waals surface area contributed by atoms with Crippen LogP contribution >= 0.6 is 47.8 Å². The molecule has 9 heteroatoms. The number of hydrogen-bond donors (Lipinski definition) is 0. The van der Waals surface area contributed by atoms with Crippen LogP contribution in [0, 0.1) is 0 Å². The van der Waals surface area contributed by atoms with Gasteiger partial charge in [-0.15, -0.1) is 0 Å². The van der Waals surface area contributed by atoms with E-state index >= 15 is 0 Å². The number of halogens is 3. The molecule has 0 radical (unpaired) electrons. The second-order valence-corrected chi connectivity index (χ2v) is 20.7. The summed E-state index contributed by atoms with van der Waals surface area (Å²) >= 11 is 9.08. The van der Waals surface area contributed by atoms with Crippen molar-refractivity contribution in [1.82, 2.24) is 0 Å². The van der Waals surface area contributed by atoms with E-state index in [2.05, 4.69) is 61.6 Å². The normalized spacial score (nSPS) is 13.4. The molecule has 0 aliphatic carbocycles. The van der Waals surface area contributed by atoms with Crippen molar-refractivity contribution in [3.05, 3.63) is 53.1 Å². The molecule has 0 N–H and O–H groups in total. The molecule has 0 aliphatic heterocycles. The van der Waals surface area contributed by atoms with Gasteiger partial charge in [-0.25, -0.2) is 16.8 Å². The smallest absolute Gasteiger partial charge is 0.220 e. The number of benzene rings is 2. The summed E-state index contributed by atoms with van der Waals surface area (Å²) in [7, 11) is -7.67. The summed E-state index contributed by atoms with van der Waals surface area (Å²) in [6.07, 6.45) is 0. The van der Waals surface area contributed by atoms with Crippen molar-refractivity contribution in [2.45, 2.75) is 75.5 Å². The molecule has 172 valence electrons. The van der Waals surface area contributed by atoms with Crippen LogP contribution < -0.4 is 0 Å². The first-order valence-electron chi connectivity index (χ1n) is 9.86. The fourth-order valence-electron chi connectivity index (χ4n) is 3.25. The van der Waals surface area contributed by atoms with E-state index in [-0.39, 0.29) is 27.5 Å². The fraction of sp³-hybridized carbons (Fsp3) is 0.455. The van der Waals surface area contributed by atoms with E-state index in [0.29, 0.717) is 4.90 Å². The first-order valence-corrected chi connectivity index (χ1v) is 15.2. The molecule has 2 rings (SSSR count). The van der Waals surface area contributed by atoms with Gasteiger partial charge in [-0.2, -0.15) is 0 Å². The number of rotatable bonds is 6. The van der Waals surface area contributed by atoms with Gasteiger partial charge in [-0.05, 0) is 106 Å². The van der Waals surface area contributed by atoms with Crippen molar-refractivity contribution in [3.8, 4) is 0 Å². The van der Waals surface area contributed by atoms with E-state index in [0.717, 1.165) is 16.7 Å². The Balaban J connectivity index is 2.76. The van der Waals surface area contributed by atoms with Gasteiger partial charge in [0.25, 0.3) is 0 Å². The zero-order chi connectivity index (χ0) is 23.9. The lowest BCUT2D eigenvalue weighted by atomic mass is 9.89. The highest BCUT2D eigenvalue weighted by Crippen LogP contribution is 2.43. The molecule has 0 spiro atoms. The molecule has 0 fully saturated rings. The van der Waals surface area contributed by atoms with E-state index in [1.807, 2.05) is 39.8 Å². The summed E-state index contributed by atoms with van der Waals surface area (Å²) in [5, 5.41) is 0. The van der Waals surface area contributed by atoms with Crippen LogP contribution in [0.2, 0.25) is 0 Å². The highest BCUT2D eigenvalue weighted by atomic mass is 80.0. The van der Waals surface area contributed by atoms with Crippen molar-refractivity contribution in [2.75, 3.05) is 0 Å². The molecule has 0 aromatic heterocycles. The minimum absolute atomic E-state index is 0.0106. The SMILES string of the molecule is CC(C)c1cc(C(C)C)c(S(=O)(=O)c2ccc(S(=O)(=O)C(Br)(Br)Br)cc2)c(C(C)C)c1. The molecule has 0 bridgehead atoms. The van der Waals surface area contributed by atoms with Crippen molar-refractivity contribution >= 4 is 67.5 Å². The molecular formula is C22H27Br3O4S2. The molecule has 0 saturated carbocycles. The molecule has 0 heterocycles. The maximum Gasteiger partial charge on any atom is 0.239 e. The third-order valence-corrected chi connectivity index (χ3v) is 12.3. The van der Waals surface area contributed by atoms with Crippen LogP contribution in [-0.2, 0) is 19.7 Å². The van der Waals surface area contributed by atoms with Crippen molar-refractivity contribution in [1.29, 1.82) is 0 Å². The van der Waals surface area contributed by atoms with Gasteiger partial charge in [-0.1, -0.05) is 53.7 Å². The molecule has 0 unspecified atom stereocenters. The average molecular weight is 659 g/mol. The minimum Gasteiger partial charge on any atom is -0.220 e. The van der Waals surface area contributed by atoms with Gasteiger partial charge in [0.1, 0.15) is 0 Å². The van der Waals surface area contributed by atoms with Gasteiger partial charge >= 0.3 is 0 Å². The van der Waals surface area contributed by atoms with Crippen LogP contribution in [0.5, 0.6) is 0 Å². The Labute approximate surface area is 211 Å². The minimum atomic E-state index is -3.86. The van der Waals surface area contributed by atoms with Crippen LogP contribution in [0.4, 0.5) is 0 Å².